The molecule has 0 saturated carbocycles. The van der Waals surface area contributed by atoms with Crippen molar-refractivity contribution in [3.8, 4) is 0 Å². The first-order valence-electron chi connectivity index (χ1n) is 8.56. The number of hydrogen-bond donors (Lipinski definition) is 2. The summed E-state index contributed by atoms with van der Waals surface area (Å²) in [6, 6.07) is 9.46. The molecule has 2 heterocycles. The van der Waals surface area contributed by atoms with Gasteiger partial charge in [-0.3, -0.25) is 9.59 Å². The van der Waals surface area contributed by atoms with E-state index in [9.17, 15) is 9.59 Å². The van der Waals surface area contributed by atoms with Crippen LogP contribution in [0.2, 0.25) is 0 Å². The summed E-state index contributed by atoms with van der Waals surface area (Å²) in [4.78, 5) is 27.1. The molecule has 1 aromatic rings. The highest BCUT2D eigenvalue weighted by Gasteiger charge is 2.42. The molecule has 6 heteroatoms. The molecular formula is C18H25N3O3. The average molecular weight is 331 g/mol. The zero-order valence-corrected chi connectivity index (χ0v) is 13.9. The van der Waals surface area contributed by atoms with Crippen LogP contribution in [0, 0.1) is 5.41 Å². The monoisotopic (exact) mass is 331 g/mol. The molecule has 24 heavy (non-hydrogen) atoms. The average Bonchev–Trinajstić information content (AvgIpc) is 2.96. The number of likely N-dealkylation sites (tertiary alicyclic amines) is 1. The normalized spacial score (nSPS) is 23.3. The van der Waals surface area contributed by atoms with Gasteiger partial charge in [0.15, 0.2) is 0 Å². The van der Waals surface area contributed by atoms with Gasteiger partial charge in [0.1, 0.15) is 6.04 Å². The molecule has 2 fully saturated rings. The van der Waals surface area contributed by atoms with Crippen molar-refractivity contribution < 1.29 is 14.3 Å². The van der Waals surface area contributed by atoms with Crippen LogP contribution in [0.3, 0.4) is 0 Å². The maximum atomic E-state index is 12.7. The summed E-state index contributed by atoms with van der Waals surface area (Å²) in [5.41, 5.74) is 6.37. The van der Waals surface area contributed by atoms with Gasteiger partial charge in [-0.25, -0.2) is 0 Å². The van der Waals surface area contributed by atoms with E-state index in [2.05, 4.69) is 5.32 Å². The Balaban J connectivity index is 1.60. The predicted molar refractivity (Wildman–Crippen MR) is 89.9 cm³/mol. The second-order valence-electron chi connectivity index (χ2n) is 6.66. The lowest BCUT2D eigenvalue weighted by molar-refractivity contribution is -0.140. The van der Waals surface area contributed by atoms with Gasteiger partial charge in [0, 0.05) is 32.8 Å². The smallest absolute Gasteiger partial charge is 0.245 e. The van der Waals surface area contributed by atoms with Crippen molar-refractivity contribution in [3.05, 3.63) is 35.9 Å². The molecule has 0 aliphatic carbocycles. The first kappa shape index (κ1) is 16.9. The third kappa shape index (κ3) is 3.44. The largest absolute Gasteiger partial charge is 0.381 e. The number of hydrogen-bond acceptors (Lipinski definition) is 4. The molecule has 1 unspecified atom stereocenters. The standard InChI is InChI=1S/C18H25N3O3/c19-13-18(7-10-24-11-8-18)17(23)20-15-6-9-21(16(15)22)12-14-4-2-1-3-5-14/h1-5,15H,6-13,19H2,(H,20,23). The second kappa shape index (κ2) is 7.32. The van der Waals surface area contributed by atoms with Gasteiger partial charge in [-0.05, 0) is 24.8 Å². The summed E-state index contributed by atoms with van der Waals surface area (Å²) in [5.74, 6) is -0.111. The van der Waals surface area contributed by atoms with Crippen LogP contribution in [0.25, 0.3) is 0 Å². The van der Waals surface area contributed by atoms with Gasteiger partial charge >= 0.3 is 0 Å². The lowest BCUT2D eigenvalue weighted by Crippen LogP contribution is -2.53. The zero-order valence-electron chi connectivity index (χ0n) is 13.9. The van der Waals surface area contributed by atoms with Gasteiger partial charge in [-0.2, -0.15) is 0 Å². The number of ether oxygens (including phenoxy) is 1. The Labute approximate surface area is 142 Å². The van der Waals surface area contributed by atoms with Gasteiger partial charge in [0.05, 0.1) is 5.41 Å². The molecule has 1 aromatic carbocycles. The molecule has 1 atom stereocenters. The third-order valence-corrected chi connectivity index (χ3v) is 5.14. The number of nitrogens with zero attached hydrogens (tertiary/aromatic N) is 1. The van der Waals surface area contributed by atoms with Crippen molar-refractivity contribution in [1.82, 2.24) is 10.2 Å². The lowest BCUT2D eigenvalue weighted by atomic mass is 9.79. The maximum absolute atomic E-state index is 12.7. The van der Waals surface area contributed by atoms with Gasteiger partial charge in [-0.15, -0.1) is 0 Å². The van der Waals surface area contributed by atoms with Crippen molar-refractivity contribution >= 4 is 11.8 Å². The van der Waals surface area contributed by atoms with E-state index >= 15 is 0 Å². The first-order chi connectivity index (χ1) is 11.6. The van der Waals surface area contributed by atoms with Gasteiger partial charge < -0.3 is 20.7 Å². The quantitative estimate of drug-likeness (QED) is 0.830. The molecule has 130 valence electrons. The van der Waals surface area contributed by atoms with E-state index in [1.807, 2.05) is 30.3 Å². The molecular weight excluding hydrogens is 306 g/mol. The van der Waals surface area contributed by atoms with Gasteiger partial charge in [0.25, 0.3) is 0 Å². The van der Waals surface area contributed by atoms with Crippen molar-refractivity contribution in [2.75, 3.05) is 26.3 Å². The van der Waals surface area contributed by atoms with Crippen LogP contribution in [0.15, 0.2) is 30.3 Å². The molecule has 0 aromatic heterocycles. The summed E-state index contributed by atoms with van der Waals surface area (Å²) in [6.07, 6.45) is 1.88. The highest BCUT2D eigenvalue weighted by Crippen LogP contribution is 2.30. The zero-order chi connectivity index (χ0) is 17.0. The topological polar surface area (TPSA) is 84.7 Å². The van der Waals surface area contributed by atoms with Crippen molar-refractivity contribution in [2.45, 2.75) is 31.8 Å². The predicted octanol–water partition coefficient (Wildman–Crippen LogP) is 0.659. The summed E-state index contributed by atoms with van der Waals surface area (Å²) >= 11 is 0. The number of nitrogens with one attached hydrogen (secondary N) is 1. The van der Waals surface area contributed by atoms with Crippen molar-refractivity contribution in [3.63, 3.8) is 0 Å². The Morgan fingerprint density at radius 2 is 2.00 bits per heavy atom. The SMILES string of the molecule is NCC1(C(=O)NC2CCN(Cc3ccccc3)C2=O)CCOCC1. The number of rotatable bonds is 5. The van der Waals surface area contributed by atoms with E-state index in [-0.39, 0.29) is 18.4 Å². The fourth-order valence-electron chi connectivity index (χ4n) is 3.43. The van der Waals surface area contributed by atoms with Gasteiger partial charge in [-0.1, -0.05) is 30.3 Å². The van der Waals surface area contributed by atoms with Crippen molar-refractivity contribution in [1.29, 1.82) is 0 Å². The molecule has 6 nitrogen and oxygen atoms in total. The first-order valence-corrected chi connectivity index (χ1v) is 8.56. The Hall–Kier alpha value is -1.92. The second-order valence-corrected chi connectivity index (χ2v) is 6.66. The van der Waals surface area contributed by atoms with Crippen molar-refractivity contribution in [2.24, 2.45) is 11.1 Å². The molecule has 2 aliphatic heterocycles. The Morgan fingerprint density at radius 3 is 2.67 bits per heavy atom. The summed E-state index contributed by atoms with van der Waals surface area (Å²) < 4.78 is 5.34. The van der Waals surface area contributed by atoms with Crippen LogP contribution in [0.1, 0.15) is 24.8 Å². The molecule has 2 saturated heterocycles. The Morgan fingerprint density at radius 1 is 1.29 bits per heavy atom. The van der Waals surface area contributed by atoms with Crippen LogP contribution in [-0.2, 0) is 20.9 Å². The number of nitrogens with two attached hydrogens (primary N) is 1. The number of carbonyl (C=O) groups is 2. The maximum Gasteiger partial charge on any atom is 0.245 e. The van der Waals surface area contributed by atoms with E-state index in [1.54, 1.807) is 4.90 Å². The minimum absolute atomic E-state index is 0.00793. The number of carbonyl (C=O) groups excluding carboxylic acids is 2. The summed E-state index contributed by atoms with van der Waals surface area (Å²) in [7, 11) is 0. The minimum atomic E-state index is -0.592. The molecule has 0 radical (unpaired) electrons. The van der Waals surface area contributed by atoms with E-state index in [0.717, 1.165) is 5.56 Å². The van der Waals surface area contributed by atoms with Crippen LogP contribution in [-0.4, -0.2) is 49.1 Å². The summed E-state index contributed by atoms with van der Waals surface area (Å²) in [6.45, 7) is 2.63. The third-order valence-electron chi connectivity index (χ3n) is 5.14. The summed E-state index contributed by atoms with van der Waals surface area (Å²) in [5, 5.41) is 2.94. The molecule has 2 aliphatic rings. The van der Waals surface area contributed by atoms with E-state index in [0.29, 0.717) is 45.6 Å². The highest BCUT2D eigenvalue weighted by atomic mass is 16.5. The minimum Gasteiger partial charge on any atom is -0.381 e. The molecule has 0 spiro atoms. The Bertz CT molecular complexity index is 584. The fourth-order valence-corrected chi connectivity index (χ4v) is 3.43. The fraction of sp³-hybridized carbons (Fsp3) is 0.556. The van der Waals surface area contributed by atoms with Crippen LogP contribution >= 0.6 is 0 Å². The van der Waals surface area contributed by atoms with Crippen LogP contribution in [0.4, 0.5) is 0 Å². The molecule has 2 amide bonds. The van der Waals surface area contributed by atoms with Crippen LogP contribution < -0.4 is 11.1 Å². The number of amides is 2. The molecule has 3 N–H and O–H groups in total. The van der Waals surface area contributed by atoms with Gasteiger partial charge in [0.2, 0.25) is 11.8 Å². The van der Waals surface area contributed by atoms with Crippen LogP contribution in [0.5, 0.6) is 0 Å². The lowest BCUT2D eigenvalue weighted by Gasteiger charge is -2.35. The number of benzene rings is 1. The van der Waals surface area contributed by atoms with E-state index in [1.165, 1.54) is 0 Å². The molecule has 3 rings (SSSR count). The van der Waals surface area contributed by atoms with E-state index in [4.69, 9.17) is 10.5 Å². The highest BCUT2D eigenvalue weighted by molar-refractivity contribution is 5.91. The molecule has 0 bridgehead atoms. The Kier molecular flexibility index (Phi) is 5.16. The van der Waals surface area contributed by atoms with E-state index < -0.39 is 11.5 Å².